The van der Waals surface area contributed by atoms with E-state index in [-0.39, 0.29) is 0 Å². The topological polar surface area (TPSA) is 30.7 Å². The van der Waals surface area contributed by atoms with E-state index in [9.17, 15) is 0 Å². The summed E-state index contributed by atoms with van der Waals surface area (Å²) in [6.07, 6.45) is 0. The zero-order valence-electron chi connectivity index (χ0n) is 21.2. The smallest absolute Gasteiger partial charge is 0.121 e. The molecular formula is C34H29N3. The van der Waals surface area contributed by atoms with Crippen molar-refractivity contribution in [2.75, 3.05) is 0 Å². The average Bonchev–Trinajstić information content (AvgIpc) is 3.37. The Kier molecular flexibility index (Phi) is 6.11. The molecule has 0 atom stereocenters. The van der Waals surface area contributed by atoms with Gasteiger partial charge in [-0.05, 0) is 39.3 Å². The van der Waals surface area contributed by atoms with Gasteiger partial charge in [0.2, 0.25) is 0 Å². The largest absolute Gasteiger partial charge is 0.183 e. The van der Waals surface area contributed by atoms with Gasteiger partial charge in [-0.2, -0.15) is 15.0 Å². The van der Waals surface area contributed by atoms with Gasteiger partial charge in [0.15, 0.2) is 0 Å². The molecule has 0 amide bonds. The van der Waals surface area contributed by atoms with Gasteiger partial charge in [0, 0.05) is 11.1 Å². The van der Waals surface area contributed by atoms with Crippen LogP contribution in [0.3, 0.4) is 0 Å². The fourth-order valence-corrected chi connectivity index (χ4v) is 4.86. The molecule has 0 radical (unpaired) electrons. The second-order valence-corrected chi connectivity index (χ2v) is 9.89. The fourth-order valence-electron chi connectivity index (χ4n) is 4.86. The maximum Gasteiger partial charge on any atom is 0.121 e. The molecule has 1 aromatic heterocycles. The standard InChI is InChI=1S/C34H29N3/c1-24(2)23-37-35-33-31(29-17-13-27(14-18-29)25-9-5-3-6-10-25)21-22-32(34(33)36-37)30-19-15-28(16-20-30)26-11-7-4-8-12-26/h3-22,24H,23H2,1-2H3. The van der Waals surface area contributed by atoms with Crippen molar-refractivity contribution in [3.8, 4) is 44.5 Å². The summed E-state index contributed by atoms with van der Waals surface area (Å²) >= 11 is 0. The molecule has 180 valence electrons. The SMILES string of the molecule is CC(C)Cn1nc2c(-c3ccc(-c4ccccc4)cc3)ccc(-c3ccc(-c4ccccc4)cc3)c2n1. The van der Waals surface area contributed by atoms with Crippen molar-refractivity contribution >= 4 is 11.0 Å². The number of rotatable bonds is 6. The fraction of sp³-hybridized carbons (Fsp3) is 0.118. The number of nitrogens with zero attached hydrogens (tertiary/aromatic N) is 3. The predicted octanol–water partition coefficient (Wildman–Crippen LogP) is 8.76. The molecule has 0 bridgehead atoms. The van der Waals surface area contributed by atoms with E-state index in [0.29, 0.717) is 5.92 Å². The van der Waals surface area contributed by atoms with E-state index in [1.54, 1.807) is 0 Å². The number of aromatic nitrogens is 3. The average molecular weight is 480 g/mol. The van der Waals surface area contributed by atoms with Crippen molar-refractivity contribution in [1.29, 1.82) is 0 Å². The summed E-state index contributed by atoms with van der Waals surface area (Å²) in [5.41, 5.74) is 11.2. The van der Waals surface area contributed by atoms with Gasteiger partial charge in [-0.15, -0.1) is 0 Å². The van der Waals surface area contributed by atoms with Gasteiger partial charge >= 0.3 is 0 Å². The van der Waals surface area contributed by atoms with Gasteiger partial charge in [-0.25, -0.2) is 0 Å². The van der Waals surface area contributed by atoms with Crippen molar-refractivity contribution in [3.63, 3.8) is 0 Å². The van der Waals surface area contributed by atoms with Gasteiger partial charge in [-0.3, -0.25) is 0 Å². The minimum atomic E-state index is 0.462. The molecule has 3 nitrogen and oxygen atoms in total. The maximum atomic E-state index is 4.97. The van der Waals surface area contributed by atoms with Crippen LogP contribution < -0.4 is 0 Å². The summed E-state index contributed by atoms with van der Waals surface area (Å²) in [5, 5.41) is 9.93. The van der Waals surface area contributed by atoms with Crippen LogP contribution in [0.1, 0.15) is 13.8 Å². The molecule has 37 heavy (non-hydrogen) atoms. The first-order valence-electron chi connectivity index (χ1n) is 12.9. The Morgan fingerprint density at radius 1 is 0.459 bits per heavy atom. The second-order valence-electron chi connectivity index (χ2n) is 9.89. The molecule has 0 saturated heterocycles. The molecule has 0 aliphatic rings. The van der Waals surface area contributed by atoms with E-state index in [0.717, 1.165) is 39.8 Å². The highest BCUT2D eigenvalue weighted by molar-refractivity contribution is 6.00. The van der Waals surface area contributed by atoms with E-state index in [2.05, 4.69) is 123 Å². The molecule has 0 spiro atoms. The van der Waals surface area contributed by atoms with E-state index in [1.165, 1.54) is 22.3 Å². The van der Waals surface area contributed by atoms with Crippen molar-refractivity contribution in [1.82, 2.24) is 15.0 Å². The van der Waals surface area contributed by atoms with Gasteiger partial charge < -0.3 is 0 Å². The van der Waals surface area contributed by atoms with Gasteiger partial charge in [0.1, 0.15) is 11.0 Å². The summed E-state index contributed by atoms with van der Waals surface area (Å²) in [6.45, 7) is 5.17. The van der Waals surface area contributed by atoms with Gasteiger partial charge in [-0.1, -0.05) is 135 Å². The second kappa shape index (κ2) is 9.87. The summed E-state index contributed by atoms with van der Waals surface area (Å²) in [7, 11) is 0. The summed E-state index contributed by atoms with van der Waals surface area (Å²) in [4.78, 5) is 1.86. The highest BCUT2D eigenvalue weighted by Gasteiger charge is 2.16. The lowest BCUT2D eigenvalue weighted by Gasteiger charge is -2.09. The number of hydrogen-bond acceptors (Lipinski definition) is 2. The van der Waals surface area contributed by atoms with Crippen LogP contribution in [0.4, 0.5) is 0 Å². The molecule has 6 rings (SSSR count). The molecular weight excluding hydrogens is 450 g/mol. The Bertz CT molecular complexity index is 1510. The van der Waals surface area contributed by atoms with Gasteiger partial charge in [0.05, 0.1) is 6.54 Å². The predicted molar refractivity (Wildman–Crippen MR) is 154 cm³/mol. The van der Waals surface area contributed by atoms with Crippen LogP contribution in [0.5, 0.6) is 0 Å². The third-order valence-electron chi connectivity index (χ3n) is 6.72. The molecule has 1 heterocycles. The van der Waals surface area contributed by atoms with E-state index in [4.69, 9.17) is 10.2 Å². The van der Waals surface area contributed by atoms with Crippen LogP contribution in [0.25, 0.3) is 55.5 Å². The molecule has 6 aromatic rings. The van der Waals surface area contributed by atoms with Gasteiger partial charge in [0.25, 0.3) is 0 Å². The van der Waals surface area contributed by atoms with E-state index >= 15 is 0 Å². The molecule has 0 fully saturated rings. The molecule has 0 unspecified atom stereocenters. The first-order valence-corrected chi connectivity index (χ1v) is 12.9. The Labute approximate surface area is 218 Å². The number of benzene rings is 5. The Morgan fingerprint density at radius 3 is 1.19 bits per heavy atom. The minimum absolute atomic E-state index is 0.462. The quantitative estimate of drug-likeness (QED) is 0.239. The Hall–Kier alpha value is -4.50. The first-order chi connectivity index (χ1) is 18.2. The number of hydrogen-bond donors (Lipinski definition) is 0. The molecule has 3 heteroatoms. The van der Waals surface area contributed by atoms with Crippen LogP contribution in [0.15, 0.2) is 121 Å². The molecule has 0 aliphatic carbocycles. The maximum absolute atomic E-state index is 4.97. The van der Waals surface area contributed by atoms with Crippen molar-refractivity contribution in [2.24, 2.45) is 5.92 Å². The molecule has 0 aliphatic heterocycles. The number of fused-ring (bicyclic) bond motifs is 1. The summed E-state index contributed by atoms with van der Waals surface area (Å²) < 4.78 is 0. The third-order valence-corrected chi connectivity index (χ3v) is 6.72. The zero-order valence-corrected chi connectivity index (χ0v) is 21.2. The van der Waals surface area contributed by atoms with Crippen LogP contribution in [-0.2, 0) is 6.54 Å². The molecule has 0 N–H and O–H groups in total. The minimum Gasteiger partial charge on any atom is -0.183 e. The van der Waals surface area contributed by atoms with E-state index < -0.39 is 0 Å². The van der Waals surface area contributed by atoms with Crippen molar-refractivity contribution in [2.45, 2.75) is 20.4 Å². The first kappa shape index (κ1) is 22.9. The molecule has 5 aromatic carbocycles. The van der Waals surface area contributed by atoms with Crippen molar-refractivity contribution < 1.29 is 0 Å². The summed E-state index contributed by atoms with van der Waals surface area (Å²) in [6, 6.07) is 42.8. The van der Waals surface area contributed by atoms with E-state index in [1.807, 2.05) is 16.9 Å². The molecule has 0 saturated carbocycles. The van der Waals surface area contributed by atoms with Crippen LogP contribution in [0.2, 0.25) is 0 Å². The van der Waals surface area contributed by atoms with Crippen LogP contribution in [-0.4, -0.2) is 15.0 Å². The summed E-state index contributed by atoms with van der Waals surface area (Å²) in [5.74, 6) is 0.462. The lowest BCUT2D eigenvalue weighted by molar-refractivity contribution is 0.442. The third kappa shape index (κ3) is 4.68. The Balaban J connectivity index is 1.42. The van der Waals surface area contributed by atoms with Crippen molar-refractivity contribution in [3.05, 3.63) is 121 Å². The zero-order chi connectivity index (χ0) is 25.2. The van der Waals surface area contributed by atoms with Crippen LogP contribution in [0, 0.1) is 5.92 Å². The lowest BCUT2D eigenvalue weighted by atomic mass is 9.95. The monoisotopic (exact) mass is 479 g/mol. The lowest BCUT2D eigenvalue weighted by Crippen LogP contribution is -2.07. The normalized spacial score (nSPS) is 11.3. The van der Waals surface area contributed by atoms with Crippen LogP contribution >= 0.6 is 0 Å². The Morgan fingerprint density at radius 2 is 0.811 bits per heavy atom. The highest BCUT2D eigenvalue weighted by atomic mass is 15.5. The highest BCUT2D eigenvalue weighted by Crippen LogP contribution is 2.35.